The van der Waals surface area contributed by atoms with Gasteiger partial charge in [0, 0.05) is 42.0 Å². The average molecular weight is 726 g/mol. The first-order chi connectivity index (χ1) is 24.7. The van der Waals surface area contributed by atoms with Gasteiger partial charge < -0.3 is 24.6 Å². The van der Waals surface area contributed by atoms with E-state index in [1.54, 1.807) is 11.8 Å². The Morgan fingerprint density at radius 1 is 1.04 bits per heavy atom. The summed E-state index contributed by atoms with van der Waals surface area (Å²) in [7, 11) is 1.35. The highest BCUT2D eigenvalue weighted by molar-refractivity contribution is 6.04. The molecule has 14 heteroatoms. The van der Waals surface area contributed by atoms with E-state index in [9.17, 15) is 27.8 Å². The number of rotatable bonds is 8. The number of nitrogens with zero attached hydrogens (tertiary/aromatic N) is 5. The topological polar surface area (TPSA) is 104 Å². The second-order valence-corrected chi connectivity index (χ2v) is 14.6. The first kappa shape index (κ1) is 35.9. The fraction of sp³-hybridized carbons (Fsp3) is 0.500. The van der Waals surface area contributed by atoms with Crippen LogP contribution in [-0.2, 0) is 0 Å². The summed E-state index contributed by atoms with van der Waals surface area (Å²) in [5.41, 5.74) is -2.18. The summed E-state index contributed by atoms with van der Waals surface area (Å²) in [6.07, 6.45) is 5.50. The summed E-state index contributed by atoms with van der Waals surface area (Å²) in [5.74, 6) is 0.621. The molecule has 3 fully saturated rings. The van der Waals surface area contributed by atoms with E-state index in [-0.39, 0.29) is 82.3 Å². The molecule has 3 aliphatic rings. The maximum atomic E-state index is 17.1. The summed E-state index contributed by atoms with van der Waals surface area (Å²) >= 11 is 0. The normalized spacial score (nSPS) is 23.9. The second kappa shape index (κ2) is 13.5. The van der Waals surface area contributed by atoms with Crippen LogP contribution in [0.2, 0.25) is 0 Å². The fourth-order valence-electron chi connectivity index (χ4n) is 8.64. The van der Waals surface area contributed by atoms with E-state index in [0.717, 1.165) is 25.7 Å². The van der Waals surface area contributed by atoms with Gasteiger partial charge in [0.05, 0.1) is 31.3 Å². The number of aromatic hydroxyl groups is 1. The predicted octanol–water partition coefficient (Wildman–Crippen LogP) is 7.14. The summed E-state index contributed by atoms with van der Waals surface area (Å²) in [6, 6.07) is 4.94. The van der Waals surface area contributed by atoms with Crippen molar-refractivity contribution >= 4 is 27.5 Å². The molecule has 0 amide bonds. The van der Waals surface area contributed by atoms with Crippen molar-refractivity contribution in [1.29, 1.82) is 0 Å². The van der Waals surface area contributed by atoms with Gasteiger partial charge in [0.1, 0.15) is 34.0 Å². The van der Waals surface area contributed by atoms with Crippen molar-refractivity contribution in [2.45, 2.75) is 76.1 Å². The van der Waals surface area contributed by atoms with Gasteiger partial charge in [0.2, 0.25) is 5.88 Å². The van der Waals surface area contributed by atoms with Gasteiger partial charge in [-0.1, -0.05) is 18.4 Å². The molecule has 52 heavy (non-hydrogen) atoms. The minimum atomic E-state index is -4.26. The molecule has 1 aliphatic carbocycles. The third-order valence-corrected chi connectivity index (χ3v) is 10.9. The van der Waals surface area contributed by atoms with Crippen LogP contribution in [0.1, 0.15) is 63.9 Å². The predicted molar refractivity (Wildman–Crippen MR) is 185 cm³/mol. The molecular weight excluding hydrogens is 685 g/mol. The zero-order valence-corrected chi connectivity index (χ0v) is 29.0. The van der Waals surface area contributed by atoms with Crippen LogP contribution in [0.3, 0.4) is 0 Å². The highest BCUT2D eigenvalue weighted by atomic mass is 19.4. The minimum absolute atomic E-state index is 0.0116. The smallest absolute Gasteiger partial charge is 0.390 e. The minimum Gasteiger partial charge on any atom is -0.508 e. The standard InChI is InChI=1S/C38H40F5N5O4/c1-4-24-26(39)10-9-22-18-23(49)19-25(28(22)24)31-30(40)32-29(34(44-31)51-3)33(48-16-6-11-36(2,50)20-48)46-35(45-32)52-21-37-12-5-8-27(37)47(15-7-13-37)17-14-38(41,42)43/h1,9-10,18-19,27,49-50H,5-8,11-17,20-21H2,2-3H3/t27-,36-,37-/m1/s1. The van der Waals surface area contributed by atoms with Gasteiger partial charge in [-0.2, -0.15) is 23.1 Å². The molecule has 276 valence electrons. The molecule has 4 heterocycles. The Labute approximate surface area is 297 Å². The van der Waals surface area contributed by atoms with E-state index in [2.05, 4.69) is 15.9 Å². The third kappa shape index (κ3) is 6.65. The number of methoxy groups -OCH3 is 1. The molecule has 0 bridgehead atoms. The van der Waals surface area contributed by atoms with Crippen LogP contribution in [0.5, 0.6) is 17.6 Å². The molecule has 2 aromatic carbocycles. The number of phenols is 1. The summed E-state index contributed by atoms with van der Waals surface area (Å²) in [6.45, 7) is 2.93. The lowest BCUT2D eigenvalue weighted by atomic mass is 9.75. The Kier molecular flexibility index (Phi) is 9.32. The van der Waals surface area contributed by atoms with Crippen LogP contribution in [0.15, 0.2) is 24.3 Å². The maximum absolute atomic E-state index is 17.1. The van der Waals surface area contributed by atoms with Crippen molar-refractivity contribution in [2.75, 3.05) is 44.8 Å². The molecule has 2 aliphatic heterocycles. The number of aliphatic hydroxyl groups is 1. The maximum Gasteiger partial charge on any atom is 0.390 e. The van der Waals surface area contributed by atoms with Crippen LogP contribution in [0, 0.1) is 29.4 Å². The molecular formula is C38H40F5N5O4. The highest BCUT2D eigenvalue weighted by Gasteiger charge is 2.49. The molecule has 9 nitrogen and oxygen atoms in total. The van der Waals surface area contributed by atoms with Crippen LogP contribution in [0.25, 0.3) is 32.9 Å². The number of ether oxygens (including phenoxy) is 2. The monoisotopic (exact) mass is 725 g/mol. The molecule has 4 aromatic rings. The van der Waals surface area contributed by atoms with Gasteiger partial charge in [0.15, 0.2) is 5.82 Å². The number of aromatic nitrogens is 3. The molecule has 2 aromatic heterocycles. The third-order valence-electron chi connectivity index (χ3n) is 10.9. The van der Waals surface area contributed by atoms with E-state index in [4.69, 9.17) is 20.9 Å². The lowest BCUT2D eigenvalue weighted by Crippen LogP contribution is -2.52. The number of terminal acetylenes is 1. The molecule has 2 N–H and O–H groups in total. The Morgan fingerprint density at radius 3 is 2.54 bits per heavy atom. The number of piperidine rings is 2. The Hall–Kier alpha value is -4.48. The van der Waals surface area contributed by atoms with E-state index in [0.29, 0.717) is 37.7 Å². The van der Waals surface area contributed by atoms with E-state index in [1.165, 1.54) is 31.4 Å². The number of pyridine rings is 1. The Balaban J connectivity index is 1.36. The molecule has 0 unspecified atom stereocenters. The lowest BCUT2D eigenvalue weighted by Gasteiger charge is -2.46. The number of hydrogen-bond acceptors (Lipinski definition) is 9. The first-order valence-electron chi connectivity index (χ1n) is 17.5. The molecule has 0 radical (unpaired) electrons. The second-order valence-electron chi connectivity index (χ2n) is 14.6. The molecule has 1 saturated carbocycles. The van der Waals surface area contributed by atoms with E-state index >= 15 is 4.39 Å². The zero-order chi connectivity index (χ0) is 37.0. The molecule has 3 atom stereocenters. The van der Waals surface area contributed by atoms with Crippen LogP contribution in [0.4, 0.5) is 27.8 Å². The van der Waals surface area contributed by atoms with E-state index < -0.39 is 35.2 Å². The summed E-state index contributed by atoms with van der Waals surface area (Å²) in [4.78, 5) is 17.5. The largest absolute Gasteiger partial charge is 0.508 e. The average Bonchev–Trinajstić information content (AvgIpc) is 3.54. The highest BCUT2D eigenvalue weighted by Crippen LogP contribution is 2.49. The van der Waals surface area contributed by atoms with Gasteiger partial charge in [-0.25, -0.2) is 13.8 Å². The van der Waals surface area contributed by atoms with Crippen molar-refractivity contribution in [2.24, 2.45) is 5.41 Å². The van der Waals surface area contributed by atoms with Crippen LogP contribution in [-0.4, -0.2) is 87.8 Å². The number of β-amino-alcohol motifs (C(OH)–C–C–N with tert-alkyl or cyclic N) is 1. The van der Waals surface area contributed by atoms with Gasteiger partial charge in [-0.3, -0.25) is 4.90 Å². The van der Waals surface area contributed by atoms with E-state index in [1.807, 2.05) is 4.90 Å². The number of hydrogen-bond donors (Lipinski definition) is 2. The van der Waals surface area contributed by atoms with Crippen molar-refractivity contribution in [3.63, 3.8) is 0 Å². The Morgan fingerprint density at radius 2 is 1.81 bits per heavy atom. The molecule has 2 saturated heterocycles. The Bertz CT molecular complexity index is 2070. The number of benzene rings is 2. The van der Waals surface area contributed by atoms with Crippen LogP contribution < -0.4 is 14.4 Å². The number of alkyl halides is 3. The quantitative estimate of drug-likeness (QED) is 0.145. The number of anilines is 1. The van der Waals surface area contributed by atoms with Gasteiger partial charge in [-0.05, 0) is 75.6 Å². The van der Waals surface area contributed by atoms with Crippen molar-refractivity contribution in [3.8, 4) is 41.2 Å². The number of fused-ring (bicyclic) bond motifs is 3. The zero-order valence-electron chi connectivity index (χ0n) is 29.0. The van der Waals surface area contributed by atoms with Crippen molar-refractivity contribution in [3.05, 3.63) is 41.5 Å². The summed E-state index contributed by atoms with van der Waals surface area (Å²) < 4.78 is 83.7. The lowest BCUT2D eigenvalue weighted by molar-refractivity contribution is -0.142. The van der Waals surface area contributed by atoms with Gasteiger partial charge in [0.25, 0.3) is 0 Å². The number of likely N-dealkylation sites (tertiary alicyclic amines) is 1. The summed E-state index contributed by atoms with van der Waals surface area (Å²) in [5, 5.41) is 22.3. The SMILES string of the molecule is C#Cc1c(F)ccc2cc(O)cc(-c3nc(OC)c4c(N5CCC[C@@](C)(O)C5)nc(OC[C@]56CCC[C@H]5N(CCC(F)(F)F)CCC6)nc4c3F)c12. The van der Waals surface area contributed by atoms with Gasteiger partial charge >= 0.3 is 12.2 Å². The van der Waals surface area contributed by atoms with Crippen LogP contribution >= 0.6 is 0 Å². The molecule has 0 spiro atoms. The van der Waals surface area contributed by atoms with Crippen molar-refractivity contribution < 1.29 is 41.6 Å². The first-order valence-corrected chi connectivity index (χ1v) is 17.5. The molecule has 7 rings (SSSR count). The van der Waals surface area contributed by atoms with Crippen molar-refractivity contribution in [1.82, 2.24) is 19.9 Å². The number of halogens is 5. The fourth-order valence-corrected chi connectivity index (χ4v) is 8.64. The van der Waals surface area contributed by atoms with Gasteiger partial charge in [-0.15, -0.1) is 6.42 Å². The number of phenolic OH excluding ortho intramolecular Hbond substituents is 1.